The number of furan rings is 2. The van der Waals surface area contributed by atoms with Crippen LogP contribution < -0.4 is 0 Å². The zero-order valence-electron chi connectivity index (χ0n) is 24.8. The Hall–Kier alpha value is -6.12. The molecule has 0 aliphatic carbocycles. The van der Waals surface area contributed by atoms with Crippen LogP contribution in [0.4, 0.5) is 0 Å². The first-order valence-electron chi connectivity index (χ1n) is 15.7. The van der Waals surface area contributed by atoms with Crippen molar-refractivity contribution in [2.24, 2.45) is 0 Å². The molecule has 0 atom stereocenters. The Kier molecular flexibility index (Phi) is 5.31. The van der Waals surface area contributed by atoms with Crippen molar-refractivity contribution in [3.8, 4) is 33.4 Å². The van der Waals surface area contributed by atoms with E-state index in [-0.39, 0.29) is 0 Å². The minimum Gasteiger partial charge on any atom is -0.455 e. The van der Waals surface area contributed by atoms with Crippen LogP contribution in [-0.2, 0) is 0 Å². The second-order valence-electron chi connectivity index (χ2n) is 12.0. The number of hydrogen-bond donors (Lipinski definition) is 0. The van der Waals surface area contributed by atoms with E-state index >= 15 is 0 Å². The molecule has 2 nitrogen and oxygen atoms in total. The Bertz CT molecular complexity index is 2780. The summed E-state index contributed by atoms with van der Waals surface area (Å²) in [7, 11) is 0. The average Bonchev–Trinajstić information content (AvgIpc) is 3.71. The van der Waals surface area contributed by atoms with Gasteiger partial charge in [0.2, 0.25) is 0 Å². The molecule has 8 aromatic carbocycles. The van der Waals surface area contributed by atoms with Crippen molar-refractivity contribution in [2.45, 2.75) is 0 Å². The second kappa shape index (κ2) is 9.69. The minimum atomic E-state index is 0.871. The highest BCUT2D eigenvalue weighted by Crippen LogP contribution is 2.44. The lowest BCUT2D eigenvalue weighted by Gasteiger charge is -2.09. The van der Waals surface area contributed by atoms with Gasteiger partial charge in [0.05, 0.1) is 0 Å². The van der Waals surface area contributed by atoms with Gasteiger partial charge < -0.3 is 8.83 Å². The average molecular weight is 587 g/mol. The molecule has 10 aromatic rings. The van der Waals surface area contributed by atoms with Crippen molar-refractivity contribution in [3.63, 3.8) is 0 Å². The standard InChI is InChI=1S/C44H26O2/c1-3-11-27(12-4-1)29-21-23-37-39(25-29)33-15-7-8-16-34(33)41-38-24-22-30(26-40(38)45-44(37)41)32-18-10-20-36-35-19-9-17-31(42(35)46-43(32)36)28-13-5-2-6-14-28/h1-26H. The summed E-state index contributed by atoms with van der Waals surface area (Å²) in [6.45, 7) is 0. The van der Waals surface area contributed by atoms with E-state index in [4.69, 9.17) is 8.83 Å². The molecule has 0 amide bonds. The van der Waals surface area contributed by atoms with E-state index in [2.05, 4.69) is 152 Å². The normalized spacial score (nSPS) is 11.9. The highest BCUT2D eigenvalue weighted by molar-refractivity contribution is 6.30. The second-order valence-corrected chi connectivity index (χ2v) is 12.0. The molecule has 0 bridgehead atoms. The van der Waals surface area contributed by atoms with E-state index in [1.165, 1.54) is 27.3 Å². The molecule has 10 rings (SSSR count). The molecule has 0 saturated heterocycles. The van der Waals surface area contributed by atoms with Gasteiger partial charge in [0.1, 0.15) is 22.3 Å². The van der Waals surface area contributed by atoms with Crippen molar-refractivity contribution < 1.29 is 8.83 Å². The van der Waals surface area contributed by atoms with Crippen LogP contribution in [0.2, 0.25) is 0 Å². The predicted molar refractivity (Wildman–Crippen MR) is 192 cm³/mol. The van der Waals surface area contributed by atoms with Crippen LogP contribution in [0.3, 0.4) is 0 Å². The zero-order chi connectivity index (χ0) is 30.2. The topological polar surface area (TPSA) is 26.3 Å². The Morgan fingerprint density at radius 3 is 1.59 bits per heavy atom. The van der Waals surface area contributed by atoms with E-state index in [0.29, 0.717) is 0 Å². The number of benzene rings is 8. The first kappa shape index (κ1) is 25.2. The highest BCUT2D eigenvalue weighted by Gasteiger charge is 2.19. The first-order chi connectivity index (χ1) is 22.8. The molecule has 0 unspecified atom stereocenters. The summed E-state index contributed by atoms with van der Waals surface area (Å²) in [5, 5.41) is 9.27. The van der Waals surface area contributed by atoms with Gasteiger partial charge in [-0.1, -0.05) is 133 Å². The van der Waals surface area contributed by atoms with Gasteiger partial charge in [-0.15, -0.1) is 0 Å². The third kappa shape index (κ3) is 3.65. The number of fused-ring (bicyclic) bond motifs is 11. The van der Waals surface area contributed by atoms with E-state index < -0.39 is 0 Å². The summed E-state index contributed by atoms with van der Waals surface area (Å²) >= 11 is 0. The van der Waals surface area contributed by atoms with Crippen LogP contribution in [0, 0.1) is 0 Å². The lowest BCUT2D eigenvalue weighted by Crippen LogP contribution is -1.83. The smallest absolute Gasteiger partial charge is 0.143 e. The molecule has 0 saturated carbocycles. The maximum absolute atomic E-state index is 6.80. The van der Waals surface area contributed by atoms with Gasteiger partial charge in [0.15, 0.2) is 0 Å². The van der Waals surface area contributed by atoms with E-state index in [1.807, 2.05) is 6.07 Å². The zero-order valence-corrected chi connectivity index (χ0v) is 24.8. The van der Waals surface area contributed by atoms with Crippen LogP contribution >= 0.6 is 0 Å². The van der Waals surface area contributed by atoms with Crippen LogP contribution in [-0.4, -0.2) is 0 Å². The SMILES string of the molecule is c1ccc(-c2ccc3c(c2)c2ccccc2c2c4ccc(-c5cccc6c5oc5c(-c7ccccc7)cccc56)cc4oc32)cc1. The number of hydrogen-bond acceptors (Lipinski definition) is 2. The van der Waals surface area contributed by atoms with Crippen molar-refractivity contribution in [2.75, 3.05) is 0 Å². The summed E-state index contributed by atoms with van der Waals surface area (Å²) in [6, 6.07) is 55.8. The van der Waals surface area contributed by atoms with E-state index in [9.17, 15) is 0 Å². The van der Waals surface area contributed by atoms with Gasteiger partial charge in [-0.2, -0.15) is 0 Å². The Balaban J connectivity index is 1.20. The number of rotatable bonds is 3. The Labute approximate surface area is 264 Å². The molecular formula is C44H26O2. The van der Waals surface area contributed by atoms with Gasteiger partial charge in [0, 0.05) is 38.1 Å². The molecule has 0 fully saturated rings. The maximum atomic E-state index is 6.80. The van der Waals surface area contributed by atoms with Gasteiger partial charge >= 0.3 is 0 Å². The van der Waals surface area contributed by atoms with Crippen molar-refractivity contribution in [1.82, 2.24) is 0 Å². The van der Waals surface area contributed by atoms with Gasteiger partial charge in [-0.3, -0.25) is 0 Å². The summed E-state index contributed by atoms with van der Waals surface area (Å²) in [6.07, 6.45) is 0. The van der Waals surface area contributed by atoms with Crippen molar-refractivity contribution >= 4 is 65.4 Å². The fraction of sp³-hybridized carbons (Fsp3) is 0. The molecule has 0 radical (unpaired) electrons. The van der Waals surface area contributed by atoms with Gasteiger partial charge in [0.25, 0.3) is 0 Å². The number of para-hydroxylation sites is 2. The van der Waals surface area contributed by atoms with E-state index in [0.717, 1.165) is 71.5 Å². The molecular weight excluding hydrogens is 560 g/mol. The monoisotopic (exact) mass is 586 g/mol. The lowest BCUT2D eigenvalue weighted by molar-refractivity contribution is 0.670. The molecule has 0 N–H and O–H groups in total. The maximum Gasteiger partial charge on any atom is 0.143 e. The first-order valence-corrected chi connectivity index (χ1v) is 15.7. The van der Waals surface area contributed by atoms with Crippen LogP contribution in [0.25, 0.3) is 98.8 Å². The van der Waals surface area contributed by atoms with Crippen molar-refractivity contribution in [3.05, 3.63) is 158 Å². The van der Waals surface area contributed by atoms with Gasteiger partial charge in [-0.05, 0) is 62.7 Å². The third-order valence-corrected chi connectivity index (χ3v) is 9.47. The molecule has 2 aromatic heterocycles. The van der Waals surface area contributed by atoms with Crippen LogP contribution in [0.15, 0.2) is 167 Å². The quantitative estimate of drug-likeness (QED) is 0.193. The van der Waals surface area contributed by atoms with Crippen LogP contribution in [0.5, 0.6) is 0 Å². The molecule has 46 heavy (non-hydrogen) atoms. The largest absolute Gasteiger partial charge is 0.455 e. The van der Waals surface area contributed by atoms with Crippen LogP contribution in [0.1, 0.15) is 0 Å². The lowest BCUT2D eigenvalue weighted by atomic mass is 9.94. The third-order valence-electron chi connectivity index (χ3n) is 9.47. The van der Waals surface area contributed by atoms with Crippen molar-refractivity contribution in [1.29, 1.82) is 0 Å². The predicted octanol–water partition coefficient (Wildman–Crippen LogP) is 12.8. The molecule has 0 aliphatic rings. The fourth-order valence-corrected chi connectivity index (χ4v) is 7.32. The summed E-state index contributed by atoms with van der Waals surface area (Å²) < 4.78 is 13.5. The Morgan fingerprint density at radius 1 is 0.283 bits per heavy atom. The van der Waals surface area contributed by atoms with Gasteiger partial charge in [-0.25, -0.2) is 0 Å². The fourth-order valence-electron chi connectivity index (χ4n) is 7.32. The molecule has 2 heteroatoms. The molecule has 0 aliphatic heterocycles. The minimum absolute atomic E-state index is 0.871. The molecule has 0 spiro atoms. The van der Waals surface area contributed by atoms with E-state index in [1.54, 1.807) is 0 Å². The molecule has 2 heterocycles. The molecule has 214 valence electrons. The summed E-state index contributed by atoms with van der Waals surface area (Å²) in [5.74, 6) is 0. The highest BCUT2D eigenvalue weighted by atomic mass is 16.3. The Morgan fingerprint density at radius 2 is 0.848 bits per heavy atom. The summed E-state index contributed by atoms with van der Waals surface area (Å²) in [5.41, 5.74) is 10.4. The summed E-state index contributed by atoms with van der Waals surface area (Å²) in [4.78, 5) is 0.